The van der Waals surface area contributed by atoms with Crippen LogP contribution in [0.2, 0.25) is 0 Å². The highest BCUT2D eigenvalue weighted by atomic mass is 16.1. The number of hydrogen-bond acceptors (Lipinski definition) is 2. The fraction of sp³-hybridized carbons (Fsp3) is 0.211. The van der Waals surface area contributed by atoms with Crippen LogP contribution >= 0.6 is 0 Å². The first kappa shape index (κ1) is 15.2. The summed E-state index contributed by atoms with van der Waals surface area (Å²) in [7, 11) is 2.06. The molecule has 0 unspecified atom stereocenters. The molecule has 3 aromatic rings. The van der Waals surface area contributed by atoms with Crippen molar-refractivity contribution < 1.29 is 4.79 Å². The molecule has 0 radical (unpaired) electrons. The SMILES string of the molecule is CN(CCCNC(=O)c1cc2ccccc2[nH]1)c1ccccc1. The Balaban J connectivity index is 1.48. The number of aromatic amines is 1. The molecule has 0 aliphatic carbocycles. The molecule has 0 fully saturated rings. The van der Waals surface area contributed by atoms with Crippen LogP contribution in [0.5, 0.6) is 0 Å². The molecule has 0 spiro atoms. The Labute approximate surface area is 136 Å². The first-order chi connectivity index (χ1) is 11.2. The Hall–Kier alpha value is -2.75. The smallest absolute Gasteiger partial charge is 0.267 e. The molecule has 3 rings (SSSR count). The average molecular weight is 307 g/mol. The van der Waals surface area contributed by atoms with Gasteiger partial charge in [-0.3, -0.25) is 4.79 Å². The lowest BCUT2D eigenvalue weighted by atomic mass is 10.2. The Morgan fingerprint density at radius 1 is 1.09 bits per heavy atom. The lowest BCUT2D eigenvalue weighted by Gasteiger charge is -2.19. The topological polar surface area (TPSA) is 48.1 Å². The van der Waals surface area contributed by atoms with Crippen molar-refractivity contribution in [2.24, 2.45) is 0 Å². The highest BCUT2D eigenvalue weighted by Crippen LogP contribution is 2.14. The molecular formula is C19H21N3O. The predicted molar refractivity (Wildman–Crippen MR) is 95.0 cm³/mol. The van der Waals surface area contributed by atoms with E-state index in [-0.39, 0.29) is 5.91 Å². The summed E-state index contributed by atoms with van der Waals surface area (Å²) < 4.78 is 0. The highest BCUT2D eigenvalue weighted by Gasteiger charge is 2.08. The van der Waals surface area contributed by atoms with Crippen molar-refractivity contribution in [2.75, 3.05) is 25.0 Å². The van der Waals surface area contributed by atoms with E-state index in [1.165, 1.54) is 5.69 Å². The number of amides is 1. The van der Waals surface area contributed by atoms with Gasteiger partial charge < -0.3 is 15.2 Å². The van der Waals surface area contributed by atoms with Crippen LogP contribution in [0, 0.1) is 0 Å². The number of hydrogen-bond donors (Lipinski definition) is 2. The van der Waals surface area contributed by atoms with Crippen molar-refractivity contribution in [1.82, 2.24) is 10.3 Å². The average Bonchev–Trinajstić information content (AvgIpc) is 3.03. The molecule has 23 heavy (non-hydrogen) atoms. The summed E-state index contributed by atoms with van der Waals surface area (Å²) in [4.78, 5) is 17.5. The largest absolute Gasteiger partial charge is 0.375 e. The summed E-state index contributed by atoms with van der Waals surface area (Å²) in [6, 6.07) is 20.0. The number of benzene rings is 2. The first-order valence-corrected chi connectivity index (χ1v) is 7.86. The lowest BCUT2D eigenvalue weighted by molar-refractivity contribution is 0.0949. The summed E-state index contributed by atoms with van der Waals surface area (Å²) in [5.41, 5.74) is 2.79. The Bertz CT molecular complexity index is 746. The number of H-pyrrole nitrogens is 1. The van der Waals surface area contributed by atoms with E-state index in [9.17, 15) is 4.79 Å². The highest BCUT2D eigenvalue weighted by molar-refractivity contribution is 5.97. The van der Waals surface area contributed by atoms with Crippen LogP contribution < -0.4 is 10.2 Å². The fourth-order valence-electron chi connectivity index (χ4n) is 2.62. The van der Waals surface area contributed by atoms with Crippen LogP contribution in [0.3, 0.4) is 0 Å². The molecule has 0 atom stereocenters. The molecule has 1 heterocycles. The third-order valence-corrected chi connectivity index (χ3v) is 3.93. The normalized spacial score (nSPS) is 10.7. The molecule has 1 aromatic heterocycles. The van der Waals surface area contributed by atoms with Crippen LogP contribution in [0.15, 0.2) is 60.7 Å². The molecule has 0 aliphatic rings. The van der Waals surface area contributed by atoms with Gasteiger partial charge in [0, 0.05) is 36.7 Å². The zero-order chi connectivity index (χ0) is 16.1. The molecule has 2 N–H and O–H groups in total. The molecule has 0 saturated carbocycles. The molecular weight excluding hydrogens is 286 g/mol. The zero-order valence-electron chi connectivity index (χ0n) is 13.3. The van der Waals surface area contributed by atoms with Gasteiger partial charge in [-0.15, -0.1) is 0 Å². The number of carbonyl (C=O) groups excluding carboxylic acids is 1. The zero-order valence-corrected chi connectivity index (χ0v) is 13.3. The minimum absolute atomic E-state index is 0.0523. The van der Waals surface area contributed by atoms with E-state index in [1.807, 2.05) is 48.5 Å². The molecule has 2 aromatic carbocycles. The second kappa shape index (κ2) is 7.01. The van der Waals surface area contributed by atoms with Gasteiger partial charge in [0.25, 0.3) is 5.91 Å². The quantitative estimate of drug-likeness (QED) is 0.686. The molecule has 0 bridgehead atoms. The summed E-state index contributed by atoms with van der Waals surface area (Å²) >= 11 is 0. The van der Waals surface area contributed by atoms with Gasteiger partial charge in [-0.25, -0.2) is 0 Å². The van der Waals surface area contributed by atoms with Gasteiger partial charge in [0.2, 0.25) is 0 Å². The van der Waals surface area contributed by atoms with E-state index in [0.717, 1.165) is 23.9 Å². The Morgan fingerprint density at radius 2 is 1.83 bits per heavy atom. The predicted octanol–water partition coefficient (Wildman–Crippen LogP) is 3.42. The van der Waals surface area contributed by atoms with E-state index in [2.05, 4.69) is 34.4 Å². The van der Waals surface area contributed by atoms with Crippen molar-refractivity contribution in [3.63, 3.8) is 0 Å². The monoisotopic (exact) mass is 307 g/mol. The third kappa shape index (κ3) is 3.72. The van der Waals surface area contributed by atoms with Crippen LogP contribution in [0.1, 0.15) is 16.9 Å². The number of nitrogens with one attached hydrogen (secondary N) is 2. The van der Waals surface area contributed by atoms with Crippen LogP contribution in [-0.2, 0) is 0 Å². The molecule has 118 valence electrons. The number of aromatic nitrogens is 1. The van der Waals surface area contributed by atoms with E-state index in [4.69, 9.17) is 0 Å². The number of anilines is 1. The second-order valence-corrected chi connectivity index (χ2v) is 5.64. The van der Waals surface area contributed by atoms with Gasteiger partial charge in [-0.2, -0.15) is 0 Å². The molecule has 0 saturated heterocycles. The standard InChI is InChI=1S/C19H21N3O/c1-22(16-9-3-2-4-10-16)13-7-12-20-19(23)18-14-15-8-5-6-11-17(15)21-18/h2-6,8-11,14,21H,7,12-13H2,1H3,(H,20,23). The van der Waals surface area contributed by atoms with E-state index in [0.29, 0.717) is 12.2 Å². The fourth-order valence-corrected chi connectivity index (χ4v) is 2.62. The number of para-hydroxylation sites is 2. The maximum absolute atomic E-state index is 12.2. The number of rotatable bonds is 6. The summed E-state index contributed by atoms with van der Waals surface area (Å²) in [6.45, 7) is 1.56. The van der Waals surface area contributed by atoms with Crippen LogP contribution in [0.4, 0.5) is 5.69 Å². The summed E-state index contributed by atoms with van der Waals surface area (Å²) in [5, 5.41) is 4.03. The van der Waals surface area contributed by atoms with Crippen molar-refractivity contribution in [2.45, 2.75) is 6.42 Å². The third-order valence-electron chi connectivity index (χ3n) is 3.93. The van der Waals surface area contributed by atoms with Crippen molar-refractivity contribution in [3.05, 3.63) is 66.4 Å². The molecule has 4 nitrogen and oxygen atoms in total. The van der Waals surface area contributed by atoms with Crippen molar-refractivity contribution in [1.29, 1.82) is 0 Å². The van der Waals surface area contributed by atoms with Gasteiger partial charge in [0.1, 0.15) is 5.69 Å². The van der Waals surface area contributed by atoms with E-state index < -0.39 is 0 Å². The van der Waals surface area contributed by atoms with E-state index >= 15 is 0 Å². The number of nitrogens with zero attached hydrogens (tertiary/aromatic N) is 1. The molecule has 4 heteroatoms. The first-order valence-electron chi connectivity index (χ1n) is 7.86. The van der Waals surface area contributed by atoms with Crippen LogP contribution in [0.25, 0.3) is 10.9 Å². The Kier molecular flexibility index (Phi) is 4.62. The van der Waals surface area contributed by atoms with Gasteiger partial charge in [-0.1, -0.05) is 36.4 Å². The van der Waals surface area contributed by atoms with E-state index in [1.54, 1.807) is 0 Å². The summed E-state index contributed by atoms with van der Waals surface area (Å²) in [6.07, 6.45) is 0.900. The minimum Gasteiger partial charge on any atom is -0.375 e. The lowest BCUT2D eigenvalue weighted by Crippen LogP contribution is -2.28. The minimum atomic E-state index is -0.0523. The summed E-state index contributed by atoms with van der Waals surface area (Å²) in [5.74, 6) is -0.0523. The van der Waals surface area contributed by atoms with Gasteiger partial charge >= 0.3 is 0 Å². The second-order valence-electron chi connectivity index (χ2n) is 5.64. The maximum Gasteiger partial charge on any atom is 0.267 e. The number of carbonyl (C=O) groups is 1. The molecule has 1 amide bonds. The van der Waals surface area contributed by atoms with Gasteiger partial charge in [-0.05, 0) is 30.7 Å². The van der Waals surface area contributed by atoms with Crippen molar-refractivity contribution in [3.8, 4) is 0 Å². The van der Waals surface area contributed by atoms with Crippen LogP contribution in [-0.4, -0.2) is 31.0 Å². The Morgan fingerprint density at radius 3 is 2.61 bits per heavy atom. The number of fused-ring (bicyclic) bond motifs is 1. The van der Waals surface area contributed by atoms with Gasteiger partial charge in [0.05, 0.1) is 0 Å². The van der Waals surface area contributed by atoms with Gasteiger partial charge in [0.15, 0.2) is 0 Å². The van der Waals surface area contributed by atoms with Crippen molar-refractivity contribution >= 4 is 22.5 Å². The molecule has 0 aliphatic heterocycles. The maximum atomic E-state index is 12.2.